The van der Waals surface area contributed by atoms with Crippen molar-refractivity contribution < 1.29 is 0 Å². The molecule has 108 valence electrons. The van der Waals surface area contributed by atoms with E-state index in [4.69, 9.17) is 10.7 Å². The van der Waals surface area contributed by atoms with Crippen LogP contribution in [0.25, 0.3) is 11.5 Å². The number of nitrogens with two attached hydrogens (primary N) is 1. The lowest BCUT2D eigenvalue weighted by Gasteiger charge is -2.17. The zero-order chi connectivity index (χ0) is 14.3. The van der Waals surface area contributed by atoms with Crippen molar-refractivity contribution in [3.8, 4) is 11.5 Å². The summed E-state index contributed by atoms with van der Waals surface area (Å²) in [5, 5.41) is 4.62. The Balaban J connectivity index is 2.09. The molecule has 0 saturated carbocycles. The van der Waals surface area contributed by atoms with Gasteiger partial charge in [0.25, 0.3) is 0 Å². The number of hydrogen-bond donors (Lipinski definition) is 1. The van der Waals surface area contributed by atoms with Gasteiger partial charge in [0.2, 0.25) is 0 Å². The highest BCUT2D eigenvalue weighted by molar-refractivity contribution is 5.53. The van der Waals surface area contributed by atoms with E-state index < -0.39 is 0 Å². The van der Waals surface area contributed by atoms with E-state index in [2.05, 4.69) is 36.6 Å². The molecule has 0 bridgehead atoms. The van der Waals surface area contributed by atoms with E-state index in [-0.39, 0.29) is 6.04 Å². The molecule has 5 heteroatoms. The van der Waals surface area contributed by atoms with Crippen molar-refractivity contribution in [3.05, 3.63) is 23.1 Å². The first-order valence-electron chi connectivity index (χ1n) is 7.51. The van der Waals surface area contributed by atoms with E-state index in [1.54, 1.807) is 0 Å². The molecule has 1 aliphatic carbocycles. The minimum absolute atomic E-state index is 0.257. The van der Waals surface area contributed by atoms with Crippen LogP contribution >= 0.6 is 0 Å². The molecule has 1 atom stereocenters. The number of aromatic nitrogens is 4. The second-order valence-electron chi connectivity index (χ2n) is 5.58. The second kappa shape index (κ2) is 5.05. The first kappa shape index (κ1) is 13.4. The van der Waals surface area contributed by atoms with Crippen LogP contribution in [0.2, 0.25) is 0 Å². The van der Waals surface area contributed by atoms with Gasteiger partial charge >= 0.3 is 0 Å². The number of fused-ring (bicyclic) bond motifs is 1. The molecular formula is C15H23N5. The van der Waals surface area contributed by atoms with Gasteiger partial charge in [-0.2, -0.15) is 5.10 Å². The van der Waals surface area contributed by atoms with Crippen LogP contribution < -0.4 is 5.73 Å². The average molecular weight is 273 g/mol. The summed E-state index contributed by atoms with van der Waals surface area (Å²) in [4.78, 5) is 4.85. The lowest BCUT2D eigenvalue weighted by Crippen LogP contribution is -2.28. The third-order valence-corrected chi connectivity index (χ3v) is 4.23. The van der Waals surface area contributed by atoms with Crippen molar-refractivity contribution >= 4 is 0 Å². The Labute approximate surface area is 119 Å². The molecule has 1 aliphatic rings. The molecule has 5 nitrogen and oxygen atoms in total. The van der Waals surface area contributed by atoms with Gasteiger partial charge in [0.15, 0.2) is 5.82 Å². The maximum atomic E-state index is 6.06. The van der Waals surface area contributed by atoms with Gasteiger partial charge in [-0.25, -0.2) is 4.98 Å². The van der Waals surface area contributed by atoms with Gasteiger partial charge < -0.3 is 10.3 Å². The number of rotatable bonds is 3. The smallest absolute Gasteiger partial charge is 0.158 e. The zero-order valence-electron chi connectivity index (χ0n) is 12.6. The summed E-state index contributed by atoms with van der Waals surface area (Å²) in [6.45, 7) is 5.12. The topological polar surface area (TPSA) is 61.7 Å². The predicted octanol–water partition coefficient (Wildman–Crippen LogP) is 1.68. The first-order valence-corrected chi connectivity index (χ1v) is 7.51. The van der Waals surface area contributed by atoms with Crippen molar-refractivity contribution in [1.29, 1.82) is 0 Å². The highest BCUT2D eigenvalue weighted by atomic mass is 15.3. The lowest BCUT2D eigenvalue weighted by atomic mass is 9.97. The van der Waals surface area contributed by atoms with E-state index in [0.717, 1.165) is 49.4 Å². The number of hydrogen-bond acceptors (Lipinski definition) is 3. The van der Waals surface area contributed by atoms with Crippen LogP contribution in [-0.2, 0) is 32.9 Å². The Morgan fingerprint density at radius 3 is 2.90 bits per heavy atom. The molecule has 2 aromatic heterocycles. The van der Waals surface area contributed by atoms with Crippen molar-refractivity contribution in [2.45, 2.75) is 52.1 Å². The van der Waals surface area contributed by atoms with E-state index in [1.165, 1.54) is 11.4 Å². The molecule has 0 saturated heterocycles. The Morgan fingerprint density at radius 1 is 1.40 bits per heavy atom. The fourth-order valence-electron chi connectivity index (χ4n) is 3.03. The van der Waals surface area contributed by atoms with Crippen LogP contribution in [0, 0.1) is 0 Å². The van der Waals surface area contributed by atoms with Crippen LogP contribution in [0.15, 0.2) is 6.07 Å². The molecule has 0 aliphatic heterocycles. The fraction of sp³-hybridized carbons (Fsp3) is 0.600. The van der Waals surface area contributed by atoms with Crippen molar-refractivity contribution in [2.24, 2.45) is 12.8 Å². The van der Waals surface area contributed by atoms with Gasteiger partial charge in [-0.05, 0) is 32.3 Å². The standard InChI is InChI=1S/C15H23N5/c1-4-11-9-14(20(5-2)18-11)15-17-12-8-10(16)6-7-13(12)19(15)3/h9-10H,4-8,16H2,1-3H3. The highest BCUT2D eigenvalue weighted by Gasteiger charge is 2.24. The van der Waals surface area contributed by atoms with Crippen LogP contribution in [-0.4, -0.2) is 25.4 Å². The SMILES string of the molecule is CCc1cc(-c2nc3c(n2C)CCC(N)C3)n(CC)n1. The Kier molecular flexibility index (Phi) is 3.38. The van der Waals surface area contributed by atoms with E-state index in [9.17, 15) is 0 Å². The van der Waals surface area contributed by atoms with Gasteiger partial charge in [-0.15, -0.1) is 0 Å². The fourth-order valence-corrected chi connectivity index (χ4v) is 3.03. The van der Waals surface area contributed by atoms with Crippen molar-refractivity contribution in [3.63, 3.8) is 0 Å². The molecule has 0 amide bonds. The summed E-state index contributed by atoms with van der Waals surface area (Å²) in [6, 6.07) is 2.42. The summed E-state index contributed by atoms with van der Waals surface area (Å²) in [5.41, 5.74) is 10.8. The summed E-state index contributed by atoms with van der Waals surface area (Å²) >= 11 is 0. The molecule has 0 aromatic carbocycles. The van der Waals surface area contributed by atoms with Crippen molar-refractivity contribution in [1.82, 2.24) is 19.3 Å². The molecule has 0 fully saturated rings. The second-order valence-corrected chi connectivity index (χ2v) is 5.58. The number of aryl methyl sites for hydroxylation is 2. The van der Waals surface area contributed by atoms with E-state index in [0.29, 0.717) is 0 Å². The lowest BCUT2D eigenvalue weighted by molar-refractivity contribution is 0.554. The molecule has 2 aromatic rings. The van der Waals surface area contributed by atoms with Gasteiger partial charge in [0, 0.05) is 31.7 Å². The molecule has 0 spiro atoms. The van der Waals surface area contributed by atoms with Gasteiger partial charge in [-0.3, -0.25) is 4.68 Å². The molecule has 3 rings (SSSR count). The van der Waals surface area contributed by atoms with E-state index >= 15 is 0 Å². The Hall–Kier alpha value is -1.62. The molecular weight excluding hydrogens is 250 g/mol. The molecule has 2 N–H and O–H groups in total. The van der Waals surface area contributed by atoms with Crippen LogP contribution in [0.5, 0.6) is 0 Å². The van der Waals surface area contributed by atoms with Gasteiger partial charge in [0.1, 0.15) is 5.69 Å². The third kappa shape index (κ3) is 2.06. The monoisotopic (exact) mass is 273 g/mol. The minimum atomic E-state index is 0.257. The highest BCUT2D eigenvalue weighted by Crippen LogP contribution is 2.27. The first-order chi connectivity index (χ1) is 9.63. The van der Waals surface area contributed by atoms with Crippen LogP contribution in [0.4, 0.5) is 0 Å². The quantitative estimate of drug-likeness (QED) is 0.925. The van der Waals surface area contributed by atoms with Gasteiger partial charge in [-0.1, -0.05) is 6.92 Å². The maximum Gasteiger partial charge on any atom is 0.158 e. The third-order valence-electron chi connectivity index (χ3n) is 4.23. The molecule has 1 unspecified atom stereocenters. The zero-order valence-corrected chi connectivity index (χ0v) is 12.6. The number of imidazole rings is 1. The normalized spacial score (nSPS) is 18.3. The Bertz CT molecular complexity index is 622. The van der Waals surface area contributed by atoms with Crippen molar-refractivity contribution in [2.75, 3.05) is 0 Å². The van der Waals surface area contributed by atoms with E-state index in [1.807, 2.05) is 4.68 Å². The Morgan fingerprint density at radius 2 is 2.20 bits per heavy atom. The summed E-state index contributed by atoms with van der Waals surface area (Å²) in [7, 11) is 2.11. The summed E-state index contributed by atoms with van der Waals surface area (Å²) in [6.07, 6.45) is 3.93. The molecule has 2 heterocycles. The predicted molar refractivity (Wildman–Crippen MR) is 79.5 cm³/mol. The summed E-state index contributed by atoms with van der Waals surface area (Å²) in [5.74, 6) is 1.03. The molecule has 20 heavy (non-hydrogen) atoms. The minimum Gasteiger partial charge on any atom is -0.330 e. The van der Waals surface area contributed by atoms with Gasteiger partial charge in [0.05, 0.1) is 11.4 Å². The molecule has 0 radical (unpaired) electrons. The summed E-state index contributed by atoms with van der Waals surface area (Å²) < 4.78 is 4.27. The number of nitrogens with zero attached hydrogens (tertiary/aromatic N) is 4. The van der Waals surface area contributed by atoms with Crippen LogP contribution in [0.1, 0.15) is 37.4 Å². The average Bonchev–Trinajstić information content (AvgIpc) is 2.99. The maximum absolute atomic E-state index is 6.06. The van der Waals surface area contributed by atoms with Crippen LogP contribution in [0.3, 0.4) is 0 Å². The largest absolute Gasteiger partial charge is 0.330 e.